The van der Waals surface area contributed by atoms with Gasteiger partial charge < -0.3 is 14.8 Å². The number of ether oxygens (including phenoxy) is 2. The average molecular weight is 347 g/mol. The SMILES string of the molecule is COC(=O)c1ccccc1NC(=O)c1cccc(Oc2ccccc2)c1. The summed E-state index contributed by atoms with van der Waals surface area (Å²) in [7, 11) is 1.30. The lowest BCUT2D eigenvalue weighted by atomic mass is 10.1. The molecule has 0 bridgehead atoms. The van der Waals surface area contributed by atoms with E-state index >= 15 is 0 Å². The van der Waals surface area contributed by atoms with Crippen LogP contribution in [0.2, 0.25) is 0 Å². The van der Waals surface area contributed by atoms with Crippen LogP contribution in [0.1, 0.15) is 20.7 Å². The fourth-order valence-electron chi connectivity index (χ4n) is 2.40. The molecule has 3 aromatic carbocycles. The molecule has 0 aromatic heterocycles. The standard InChI is InChI=1S/C21H17NO4/c1-25-21(24)18-12-5-6-13-19(18)22-20(23)15-8-7-11-17(14-15)26-16-9-3-2-4-10-16/h2-14H,1H3,(H,22,23). The van der Waals surface area contributed by atoms with E-state index in [4.69, 9.17) is 9.47 Å². The highest BCUT2D eigenvalue weighted by Gasteiger charge is 2.14. The number of hydrogen-bond donors (Lipinski definition) is 1. The molecule has 0 aliphatic rings. The third-order valence-electron chi connectivity index (χ3n) is 3.66. The van der Waals surface area contributed by atoms with Crippen LogP contribution in [0.4, 0.5) is 5.69 Å². The number of benzene rings is 3. The molecule has 3 rings (SSSR count). The molecule has 0 unspecified atom stereocenters. The maximum absolute atomic E-state index is 12.6. The Morgan fingerprint density at radius 1 is 0.808 bits per heavy atom. The molecule has 0 fully saturated rings. The average Bonchev–Trinajstić information content (AvgIpc) is 2.69. The minimum Gasteiger partial charge on any atom is -0.465 e. The van der Waals surface area contributed by atoms with E-state index in [0.29, 0.717) is 28.3 Å². The third kappa shape index (κ3) is 4.08. The van der Waals surface area contributed by atoms with E-state index in [1.165, 1.54) is 7.11 Å². The van der Waals surface area contributed by atoms with E-state index in [2.05, 4.69) is 5.32 Å². The van der Waals surface area contributed by atoms with E-state index < -0.39 is 5.97 Å². The maximum atomic E-state index is 12.6. The maximum Gasteiger partial charge on any atom is 0.339 e. The van der Waals surface area contributed by atoms with Gasteiger partial charge in [0.25, 0.3) is 5.91 Å². The van der Waals surface area contributed by atoms with Crippen LogP contribution >= 0.6 is 0 Å². The number of methoxy groups -OCH3 is 1. The van der Waals surface area contributed by atoms with Crippen LogP contribution in [-0.2, 0) is 4.74 Å². The Hall–Kier alpha value is -3.60. The van der Waals surface area contributed by atoms with Crippen molar-refractivity contribution in [3.05, 3.63) is 90.0 Å². The van der Waals surface area contributed by atoms with Crippen molar-refractivity contribution >= 4 is 17.6 Å². The smallest absolute Gasteiger partial charge is 0.339 e. The molecule has 5 heteroatoms. The number of carbonyl (C=O) groups excluding carboxylic acids is 2. The lowest BCUT2D eigenvalue weighted by molar-refractivity contribution is 0.0602. The van der Waals surface area contributed by atoms with Gasteiger partial charge in [-0.25, -0.2) is 4.79 Å². The summed E-state index contributed by atoms with van der Waals surface area (Å²) in [5, 5.41) is 2.74. The van der Waals surface area contributed by atoms with Crippen LogP contribution in [-0.4, -0.2) is 19.0 Å². The molecule has 0 spiro atoms. The molecule has 5 nitrogen and oxygen atoms in total. The Bertz CT molecular complexity index is 922. The van der Waals surface area contributed by atoms with Crippen molar-refractivity contribution in [3.63, 3.8) is 0 Å². The van der Waals surface area contributed by atoms with Crippen molar-refractivity contribution in [1.29, 1.82) is 0 Å². The second-order valence-corrected chi connectivity index (χ2v) is 5.43. The Balaban J connectivity index is 1.79. The Labute approximate surface area is 151 Å². The van der Waals surface area contributed by atoms with Crippen LogP contribution in [0.3, 0.4) is 0 Å². The van der Waals surface area contributed by atoms with Crippen LogP contribution in [0.5, 0.6) is 11.5 Å². The summed E-state index contributed by atoms with van der Waals surface area (Å²) in [6.45, 7) is 0. The van der Waals surface area contributed by atoms with Crippen molar-refractivity contribution < 1.29 is 19.1 Å². The zero-order valence-corrected chi connectivity index (χ0v) is 14.1. The number of hydrogen-bond acceptors (Lipinski definition) is 4. The van der Waals surface area contributed by atoms with Gasteiger partial charge in [-0.1, -0.05) is 36.4 Å². The third-order valence-corrected chi connectivity index (χ3v) is 3.66. The van der Waals surface area contributed by atoms with Gasteiger partial charge in [-0.15, -0.1) is 0 Å². The first-order valence-electron chi connectivity index (χ1n) is 7.99. The molecule has 0 heterocycles. The van der Waals surface area contributed by atoms with Crippen LogP contribution in [0.25, 0.3) is 0 Å². The number of anilines is 1. The first-order chi connectivity index (χ1) is 12.7. The summed E-state index contributed by atoms with van der Waals surface area (Å²) in [6, 6.07) is 22.8. The van der Waals surface area contributed by atoms with Gasteiger partial charge in [0.2, 0.25) is 0 Å². The van der Waals surface area contributed by atoms with Gasteiger partial charge in [0.1, 0.15) is 11.5 Å². The predicted molar refractivity (Wildman–Crippen MR) is 98.7 cm³/mol. The molecule has 1 amide bonds. The summed E-state index contributed by atoms with van der Waals surface area (Å²) in [4.78, 5) is 24.4. The molecule has 0 aliphatic heterocycles. The summed E-state index contributed by atoms with van der Waals surface area (Å²) >= 11 is 0. The van der Waals surface area contributed by atoms with Crippen LogP contribution < -0.4 is 10.1 Å². The largest absolute Gasteiger partial charge is 0.465 e. The fraction of sp³-hybridized carbons (Fsp3) is 0.0476. The summed E-state index contributed by atoms with van der Waals surface area (Å²) in [5.41, 5.74) is 1.09. The summed E-state index contributed by atoms with van der Waals surface area (Å²) in [5.74, 6) is 0.369. The number of amides is 1. The van der Waals surface area contributed by atoms with Gasteiger partial charge in [-0.3, -0.25) is 4.79 Å². The number of nitrogens with one attached hydrogen (secondary N) is 1. The number of para-hydroxylation sites is 2. The normalized spacial score (nSPS) is 10.0. The first-order valence-corrected chi connectivity index (χ1v) is 7.99. The lowest BCUT2D eigenvalue weighted by Crippen LogP contribution is -2.15. The Kier molecular flexibility index (Phi) is 5.29. The summed E-state index contributed by atoms with van der Waals surface area (Å²) in [6.07, 6.45) is 0. The number of esters is 1. The van der Waals surface area contributed by atoms with Crippen molar-refractivity contribution in [2.24, 2.45) is 0 Å². The molecular formula is C21H17NO4. The second kappa shape index (κ2) is 7.98. The van der Waals surface area contributed by atoms with Crippen LogP contribution in [0.15, 0.2) is 78.9 Å². The minimum atomic E-state index is -0.512. The predicted octanol–water partition coefficient (Wildman–Crippen LogP) is 4.52. The molecule has 130 valence electrons. The van der Waals surface area contributed by atoms with Gasteiger partial charge in [0.05, 0.1) is 18.4 Å². The molecule has 3 aromatic rings. The molecule has 1 N–H and O–H groups in total. The van der Waals surface area contributed by atoms with E-state index in [1.54, 1.807) is 48.5 Å². The van der Waals surface area contributed by atoms with Crippen molar-refractivity contribution in [3.8, 4) is 11.5 Å². The molecule has 26 heavy (non-hydrogen) atoms. The zero-order valence-electron chi connectivity index (χ0n) is 14.1. The van der Waals surface area contributed by atoms with E-state index in [9.17, 15) is 9.59 Å². The van der Waals surface area contributed by atoms with Crippen molar-refractivity contribution in [2.75, 3.05) is 12.4 Å². The van der Waals surface area contributed by atoms with Crippen molar-refractivity contribution in [1.82, 2.24) is 0 Å². The quantitative estimate of drug-likeness (QED) is 0.689. The highest BCUT2D eigenvalue weighted by molar-refractivity contribution is 6.08. The zero-order chi connectivity index (χ0) is 18.4. The van der Waals surface area contributed by atoms with Gasteiger partial charge >= 0.3 is 5.97 Å². The number of carbonyl (C=O) groups is 2. The van der Waals surface area contributed by atoms with E-state index in [0.717, 1.165) is 0 Å². The molecule has 0 radical (unpaired) electrons. The molecular weight excluding hydrogens is 330 g/mol. The monoisotopic (exact) mass is 347 g/mol. The van der Waals surface area contributed by atoms with Gasteiger partial charge in [0.15, 0.2) is 0 Å². The Morgan fingerprint density at radius 2 is 1.50 bits per heavy atom. The minimum absolute atomic E-state index is 0.292. The highest BCUT2D eigenvalue weighted by atomic mass is 16.5. The second-order valence-electron chi connectivity index (χ2n) is 5.43. The first kappa shape index (κ1) is 17.2. The fourth-order valence-corrected chi connectivity index (χ4v) is 2.40. The molecule has 0 aliphatic carbocycles. The molecule has 0 saturated carbocycles. The lowest BCUT2D eigenvalue weighted by Gasteiger charge is -2.11. The van der Waals surface area contributed by atoms with Gasteiger partial charge in [-0.05, 0) is 42.5 Å². The molecule has 0 saturated heterocycles. The van der Waals surface area contributed by atoms with E-state index in [-0.39, 0.29) is 5.91 Å². The Morgan fingerprint density at radius 3 is 2.27 bits per heavy atom. The summed E-state index contributed by atoms with van der Waals surface area (Å²) < 4.78 is 10.5. The van der Waals surface area contributed by atoms with Gasteiger partial charge in [-0.2, -0.15) is 0 Å². The van der Waals surface area contributed by atoms with Crippen molar-refractivity contribution in [2.45, 2.75) is 0 Å². The molecule has 0 atom stereocenters. The number of rotatable bonds is 5. The van der Waals surface area contributed by atoms with Gasteiger partial charge in [0, 0.05) is 5.56 Å². The topological polar surface area (TPSA) is 64.6 Å². The van der Waals surface area contributed by atoms with Crippen LogP contribution in [0, 0.1) is 0 Å². The highest BCUT2D eigenvalue weighted by Crippen LogP contribution is 2.23. The van der Waals surface area contributed by atoms with E-state index in [1.807, 2.05) is 30.3 Å².